The molecule has 2 aromatic heterocycles. The highest BCUT2D eigenvalue weighted by molar-refractivity contribution is 6.32. The van der Waals surface area contributed by atoms with Crippen LogP contribution in [0.3, 0.4) is 0 Å². The standard InChI is InChI=1S/C12H12Cl2N2O2/c1-7-9(13)3-5-15(17)11(7)12-8(2)10(14)4-6-16(12)18/h3-6,17-18H,1-2H3/q+2. The molecule has 0 aliphatic carbocycles. The lowest BCUT2D eigenvalue weighted by molar-refractivity contribution is -0.919. The van der Waals surface area contributed by atoms with Gasteiger partial charge in [0.1, 0.15) is 0 Å². The van der Waals surface area contributed by atoms with E-state index in [0.29, 0.717) is 32.6 Å². The van der Waals surface area contributed by atoms with Gasteiger partial charge in [-0.05, 0) is 13.8 Å². The maximum absolute atomic E-state index is 9.90. The van der Waals surface area contributed by atoms with Crippen molar-refractivity contribution in [3.63, 3.8) is 0 Å². The second kappa shape index (κ2) is 4.63. The molecule has 0 radical (unpaired) electrons. The molecule has 4 nitrogen and oxygen atoms in total. The Bertz CT molecular complexity index is 574. The van der Waals surface area contributed by atoms with Crippen molar-refractivity contribution < 1.29 is 19.9 Å². The molecular formula is C12H12Cl2N2O2+2. The number of hydrogen-bond acceptors (Lipinski definition) is 2. The first-order valence-corrected chi connectivity index (χ1v) is 5.99. The highest BCUT2D eigenvalue weighted by Gasteiger charge is 2.32. The summed E-state index contributed by atoms with van der Waals surface area (Å²) in [6.07, 6.45) is 2.82. The summed E-state index contributed by atoms with van der Waals surface area (Å²) in [5.74, 6) is 0. The number of hydrogen-bond donors (Lipinski definition) is 2. The third kappa shape index (κ3) is 1.98. The molecule has 0 amide bonds. The third-order valence-corrected chi connectivity index (χ3v) is 3.65. The van der Waals surface area contributed by atoms with E-state index in [1.165, 1.54) is 12.4 Å². The molecule has 0 bridgehead atoms. The highest BCUT2D eigenvalue weighted by atomic mass is 35.5. The average molecular weight is 287 g/mol. The lowest BCUT2D eigenvalue weighted by atomic mass is 10.1. The van der Waals surface area contributed by atoms with Crippen LogP contribution in [0, 0.1) is 13.8 Å². The van der Waals surface area contributed by atoms with E-state index in [1.54, 1.807) is 26.0 Å². The Morgan fingerprint density at radius 3 is 1.50 bits per heavy atom. The first-order chi connectivity index (χ1) is 8.43. The minimum atomic E-state index is 0.394. The van der Waals surface area contributed by atoms with Crippen molar-refractivity contribution in [2.45, 2.75) is 13.8 Å². The van der Waals surface area contributed by atoms with Crippen LogP contribution in [-0.2, 0) is 0 Å². The third-order valence-electron chi connectivity index (χ3n) is 2.83. The Kier molecular flexibility index (Phi) is 3.32. The van der Waals surface area contributed by atoms with Gasteiger partial charge in [0.15, 0.2) is 0 Å². The summed E-state index contributed by atoms with van der Waals surface area (Å²) in [6, 6.07) is 3.14. The molecule has 0 aliphatic rings. The van der Waals surface area contributed by atoms with Gasteiger partial charge in [-0.25, -0.2) is 0 Å². The molecule has 2 N–H and O–H groups in total. The van der Waals surface area contributed by atoms with Crippen LogP contribution in [0.25, 0.3) is 11.4 Å². The van der Waals surface area contributed by atoms with E-state index in [0.717, 1.165) is 9.46 Å². The van der Waals surface area contributed by atoms with Crippen LogP contribution < -0.4 is 9.46 Å². The highest BCUT2D eigenvalue weighted by Crippen LogP contribution is 2.27. The minimum absolute atomic E-state index is 0.394. The van der Waals surface area contributed by atoms with Crippen LogP contribution >= 0.6 is 23.2 Å². The molecule has 0 saturated heterocycles. The van der Waals surface area contributed by atoms with Crippen molar-refractivity contribution in [2.75, 3.05) is 0 Å². The van der Waals surface area contributed by atoms with Gasteiger partial charge < -0.3 is 0 Å². The van der Waals surface area contributed by atoms with Crippen LogP contribution in [0.2, 0.25) is 10.0 Å². The van der Waals surface area contributed by atoms with Crippen molar-refractivity contribution >= 4 is 23.2 Å². The number of nitrogens with zero attached hydrogens (tertiary/aromatic N) is 2. The van der Waals surface area contributed by atoms with Crippen molar-refractivity contribution in [2.24, 2.45) is 0 Å². The molecular weight excluding hydrogens is 275 g/mol. The molecule has 0 spiro atoms. The van der Waals surface area contributed by atoms with E-state index in [9.17, 15) is 10.4 Å². The Morgan fingerprint density at radius 2 is 1.17 bits per heavy atom. The fraction of sp³-hybridized carbons (Fsp3) is 0.167. The van der Waals surface area contributed by atoms with Crippen LogP contribution in [0.15, 0.2) is 24.5 Å². The fourth-order valence-electron chi connectivity index (χ4n) is 1.81. The molecule has 0 aromatic carbocycles. The normalized spacial score (nSPS) is 10.7. The van der Waals surface area contributed by atoms with E-state index in [4.69, 9.17) is 23.2 Å². The predicted molar refractivity (Wildman–Crippen MR) is 66.1 cm³/mol. The summed E-state index contributed by atoms with van der Waals surface area (Å²) in [6.45, 7) is 3.51. The van der Waals surface area contributed by atoms with Crippen molar-refractivity contribution in [3.8, 4) is 11.4 Å². The summed E-state index contributed by atoms with van der Waals surface area (Å²) in [5.41, 5.74) is 2.08. The van der Waals surface area contributed by atoms with E-state index < -0.39 is 0 Å². The summed E-state index contributed by atoms with van der Waals surface area (Å²) in [7, 11) is 0. The molecule has 0 unspecified atom stereocenters. The predicted octanol–water partition coefficient (Wildman–Crippen LogP) is 2.33. The van der Waals surface area contributed by atoms with Gasteiger partial charge in [-0.15, -0.1) is 0 Å². The van der Waals surface area contributed by atoms with Crippen molar-refractivity contribution in [1.29, 1.82) is 0 Å². The van der Waals surface area contributed by atoms with Crippen LogP contribution in [0.1, 0.15) is 11.1 Å². The van der Waals surface area contributed by atoms with Gasteiger partial charge in [-0.3, -0.25) is 10.4 Å². The van der Waals surface area contributed by atoms with Gasteiger partial charge >= 0.3 is 11.4 Å². The molecule has 2 heterocycles. The lowest BCUT2D eigenvalue weighted by Crippen LogP contribution is -2.41. The largest absolute Gasteiger partial charge is 0.337 e. The Balaban J connectivity index is 2.85. The topological polar surface area (TPSA) is 48.2 Å². The molecule has 0 saturated carbocycles. The first-order valence-electron chi connectivity index (χ1n) is 5.24. The number of halogens is 2. The minimum Gasteiger partial charge on any atom is -0.284 e. The van der Waals surface area contributed by atoms with Gasteiger partial charge in [0, 0.05) is 21.6 Å². The SMILES string of the molecule is Cc1c(Cl)cc[n+](O)c1-c1c(C)c(Cl)cc[n+]1O. The van der Waals surface area contributed by atoms with Crippen LogP contribution in [0.5, 0.6) is 0 Å². The Labute approximate surface area is 114 Å². The zero-order valence-corrected chi connectivity index (χ0v) is 11.4. The fourth-order valence-corrected chi connectivity index (χ4v) is 2.10. The molecule has 2 rings (SSSR count). The van der Waals surface area contributed by atoms with Gasteiger partial charge in [0.05, 0.1) is 21.2 Å². The zero-order valence-electron chi connectivity index (χ0n) is 9.85. The molecule has 6 heteroatoms. The number of rotatable bonds is 1. The van der Waals surface area contributed by atoms with E-state index in [1.807, 2.05) is 0 Å². The van der Waals surface area contributed by atoms with Gasteiger partial charge in [-0.1, -0.05) is 23.2 Å². The molecule has 0 atom stereocenters. The monoisotopic (exact) mass is 286 g/mol. The molecule has 2 aromatic rings. The summed E-state index contributed by atoms with van der Waals surface area (Å²) in [4.78, 5) is 0. The molecule has 18 heavy (non-hydrogen) atoms. The summed E-state index contributed by atoms with van der Waals surface area (Å²) >= 11 is 12.1. The first kappa shape index (κ1) is 12.9. The smallest absolute Gasteiger partial charge is 0.284 e. The van der Waals surface area contributed by atoms with Crippen LogP contribution in [0.4, 0.5) is 0 Å². The van der Waals surface area contributed by atoms with Crippen molar-refractivity contribution in [1.82, 2.24) is 0 Å². The molecule has 0 fully saturated rings. The van der Waals surface area contributed by atoms with Crippen LogP contribution in [-0.4, -0.2) is 10.4 Å². The second-order valence-corrected chi connectivity index (χ2v) is 4.78. The summed E-state index contributed by atoms with van der Waals surface area (Å²) in [5, 5.41) is 20.8. The zero-order chi connectivity index (χ0) is 13.4. The quantitative estimate of drug-likeness (QED) is 0.624. The van der Waals surface area contributed by atoms with Gasteiger partial charge in [0.25, 0.3) is 0 Å². The van der Waals surface area contributed by atoms with E-state index in [-0.39, 0.29) is 0 Å². The Hall–Kier alpha value is -1.52. The number of aromatic nitrogens is 2. The van der Waals surface area contributed by atoms with Gasteiger partial charge in [-0.2, -0.15) is 0 Å². The van der Waals surface area contributed by atoms with Gasteiger partial charge in [0.2, 0.25) is 12.4 Å². The van der Waals surface area contributed by atoms with E-state index >= 15 is 0 Å². The maximum atomic E-state index is 9.90. The average Bonchev–Trinajstić information content (AvgIpc) is 2.33. The van der Waals surface area contributed by atoms with Crippen molar-refractivity contribution in [3.05, 3.63) is 45.7 Å². The lowest BCUT2D eigenvalue weighted by Gasteiger charge is -2.03. The summed E-state index contributed by atoms with van der Waals surface area (Å²) < 4.78 is 1.82. The Morgan fingerprint density at radius 1 is 0.833 bits per heavy atom. The maximum Gasteiger partial charge on any atom is 0.337 e. The second-order valence-electron chi connectivity index (χ2n) is 3.96. The molecule has 94 valence electrons. The molecule has 0 aliphatic heterocycles. The number of pyridine rings is 2. The van der Waals surface area contributed by atoms with E-state index in [2.05, 4.69) is 0 Å².